The summed E-state index contributed by atoms with van der Waals surface area (Å²) in [7, 11) is 0. The van der Waals surface area contributed by atoms with Gasteiger partial charge in [-0.15, -0.1) is 0 Å². The first-order valence-electron chi connectivity index (χ1n) is 7.12. The molecule has 1 heterocycles. The van der Waals surface area contributed by atoms with Crippen molar-refractivity contribution in [2.45, 2.75) is 71.5 Å². The molecule has 0 aromatic heterocycles. The van der Waals surface area contributed by atoms with Crippen molar-refractivity contribution in [3.8, 4) is 0 Å². The number of piperidine rings is 1. The SMILES string of the molecule is CCOC(=O)/C=C(\C)NC1CC(C)(C)[NH2+]C(C)(C)C1. The first-order chi connectivity index (χ1) is 8.63. The lowest BCUT2D eigenvalue weighted by atomic mass is 9.79. The Hall–Kier alpha value is -1.03. The summed E-state index contributed by atoms with van der Waals surface area (Å²) >= 11 is 0. The van der Waals surface area contributed by atoms with Gasteiger partial charge in [0.1, 0.15) is 0 Å². The van der Waals surface area contributed by atoms with Crippen LogP contribution in [0, 0.1) is 0 Å². The molecule has 4 heteroatoms. The van der Waals surface area contributed by atoms with Crippen molar-refractivity contribution in [2.75, 3.05) is 6.61 Å². The fraction of sp³-hybridized carbons (Fsp3) is 0.800. The highest BCUT2D eigenvalue weighted by atomic mass is 16.5. The number of rotatable bonds is 4. The lowest BCUT2D eigenvalue weighted by Crippen LogP contribution is -3.06. The van der Waals surface area contributed by atoms with Crippen molar-refractivity contribution in [2.24, 2.45) is 0 Å². The van der Waals surface area contributed by atoms with Gasteiger partial charge < -0.3 is 15.4 Å². The van der Waals surface area contributed by atoms with E-state index in [1.54, 1.807) is 6.08 Å². The second-order valence-corrected chi connectivity index (χ2v) is 6.95. The molecular formula is C15H29N2O2+. The van der Waals surface area contributed by atoms with E-state index in [0.29, 0.717) is 12.6 Å². The minimum Gasteiger partial charge on any atom is -0.463 e. The Kier molecular flexibility index (Phi) is 5.02. The fourth-order valence-electron chi connectivity index (χ4n) is 3.34. The number of esters is 1. The highest BCUT2D eigenvalue weighted by Gasteiger charge is 2.41. The summed E-state index contributed by atoms with van der Waals surface area (Å²) in [6, 6.07) is 0.403. The van der Waals surface area contributed by atoms with Crippen LogP contribution in [0.3, 0.4) is 0 Å². The Morgan fingerprint density at radius 2 is 1.84 bits per heavy atom. The van der Waals surface area contributed by atoms with E-state index in [0.717, 1.165) is 18.5 Å². The highest BCUT2D eigenvalue weighted by Crippen LogP contribution is 2.22. The quantitative estimate of drug-likeness (QED) is 0.598. The van der Waals surface area contributed by atoms with Gasteiger partial charge in [-0.3, -0.25) is 0 Å². The van der Waals surface area contributed by atoms with Crippen molar-refractivity contribution in [1.82, 2.24) is 5.32 Å². The summed E-state index contributed by atoms with van der Waals surface area (Å²) in [5, 5.41) is 5.91. The van der Waals surface area contributed by atoms with Gasteiger partial charge in [-0.05, 0) is 41.5 Å². The van der Waals surface area contributed by atoms with E-state index in [2.05, 4.69) is 38.3 Å². The van der Waals surface area contributed by atoms with Crippen LogP contribution in [0.15, 0.2) is 11.8 Å². The molecule has 1 aliphatic heterocycles. The maximum Gasteiger partial charge on any atom is 0.332 e. The molecule has 1 aliphatic rings. The number of allylic oxidation sites excluding steroid dienone is 1. The van der Waals surface area contributed by atoms with Gasteiger partial charge in [0.25, 0.3) is 0 Å². The topological polar surface area (TPSA) is 54.9 Å². The molecule has 0 saturated carbocycles. The Bertz CT molecular complexity index is 343. The van der Waals surface area contributed by atoms with Crippen molar-refractivity contribution >= 4 is 5.97 Å². The van der Waals surface area contributed by atoms with Gasteiger partial charge >= 0.3 is 5.97 Å². The van der Waals surface area contributed by atoms with Crippen LogP contribution >= 0.6 is 0 Å². The number of carbonyl (C=O) groups is 1. The van der Waals surface area contributed by atoms with Crippen molar-refractivity contribution in [3.63, 3.8) is 0 Å². The second-order valence-electron chi connectivity index (χ2n) is 6.95. The van der Waals surface area contributed by atoms with E-state index >= 15 is 0 Å². The van der Waals surface area contributed by atoms with Crippen LogP contribution < -0.4 is 10.6 Å². The first-order valence-corrected chi connectivity index (χ1v) is 7.12. The molecular weight excluding hydrogens is 240 g/mol. The zero-order chi connectivity index (χ0) is 14.7. The lowest BCUT2D eigenvalue weighted by molar-refractivity contribution is -0.788. The summed E-state index contributed by atoms with van der Waals surface area (Å²) < 4.78 is 4.92. The normalized spacial score (nSPS) is 22.9. The predicted octanol–water partition coefficient (Wildman–Crippen LogP) is 1.33. The number of nitrogens with one attached hydrogen (secondary N) is 1. The summed E-state index contributed by atoms with van der Waals surface area (Å²) in [4.78, 5) is 11.4. The average molecular weight is 269 g/mol. The molecule has 0 aromatic rings. The van der Waals surface area contributed by atoms with Gasteiger partial charge in [0.15, 0.2) is 0 Å². The van der Waals surface area contributed by atoms with E-state index < -0.39 is 0 Å². The molecule has 0 aliphatic carbocycles. The summed E-state index contributed by atoms with van der Waals surface area (Å²) in [5.74, 6) is -0.270. The molecule has 1 rings (SSSR count). The summed E-state index contributed by atoms with van der Waals surface area (Å²) in [5.41, 5.74) is 1.34. The third-order valence-electron chi connectivity index (χ3n) is 3.38. The van der Waals surface area contributed by atoms with Gasteiger partial charge in [-0.1, -0.05) is 0 Å². The number of ether oxygens (including phenoxy) is 1. The molecule has 0 amide bonds. The van der Waals surface area contributed by atoms with E-state index in [9.17, 15) is 4.79 Å². The highest BCUT2D eigenvalue weighted by molar-refractivity contribution is 5.82. The largest absolute Gasteiger partial charge is 0.463 e. The van der Waals surface area contributed by atoms with Crippen LogP contribution in [-0.4, -0.2) is 29.7 Å². The average Bonchev–Trinajstić information content (AvgIpc) is 2.10. The number of carbonyl (C=O) groups excluding carboxylic acids is 1. The molecule has 0 atom stereocenters. The third-order valence-corrected chi connectivity index (χ3v) is 3.38. The van der Waals surface area contributed by atoms with Crippen LogP contribution in [-0.2, 0) is 9.53 Å². The summed E-state index contributed by atoms with van der Waals surface area (Å²) in [6.45, 7) is 13.2. The van der Waals surface area contributed by atoms with Gasteiger partial charge in [0.2, 0.25) is 0 Å². The van der Waals surface area contributed by atoms with Crippen LogP contribution in [0.4, 0.5) is 0 Å². The number of hydrogen-bond acceptors (Lipinski definition) is 3. The zero-order valence-corrected chi connectivity index (χ0v) is 13.2. The predicted molar refractivity (Wildman–Crippen MR) is 76.6 cm³/mol. The zero-order valence-electron chi connectivity index (χ0n) is 13.2. The van der Waals surface area contributed by atoms with E-state index in [-0.39, 0.29) is 17.0 Å². The van der Waals surface area contributed by atoms with Gasteiger partial charge in [-0.25, -0.2) is 4.79 Å². The second kappa shape index (κ2) is 5.95. The summed E-state index contributed by atoms with van der Waals surface area (Å²) in [6.07, 6.45) is 3.72. The van der Waals surface area contributed by atoms with Crippen LogP contribution in [0.5, 0.6) is 0 Å². The van der Waals surface area contributed by atoms with Gasteiger partial charge in [0.05, 0.1) is 17.7 Å². The third kappa shape index (κ3) is 5.64. The maximum atomic E-state index is 11.4. The van der Waals surface area contributed by atoms with E-state index in [1.807, 2.05) is 13.8 Å². The van der Waals surface area contributed by atoms with Crippen LogP contribution in [0.25, 0.3) is 0 Å². The molecule has 0 bridgehead atoms. The Labute approximate surface area is 117 Å². The Morgan fingerprint density at radius 3 is 2.32 bits per heavy atom. The van der Waals surface area contributed by atoms with Crippen LogP contribution in [0.1, 0.15) is 54.4 Å². The number of nitrogens with two attached hydrogens (primary N) is 1. The molecule has 110 valence electrons. The molecule has 4 nitrogen and oxygen atoms in total. The fourth-order valence-corrected chi connectivity index (χ4v) is 3.34. The maximum absolute atomic E-state index is 11.4. The minimum atomic E-state index is -0.270. The van der Waals surface area contributed by atoms with Crippen molar-refractivity contribution in [1.29, 1.82) is 0 Å². The van der Waals surface area contributed by atoms with Crippen molar-refractivity contribution in [3.05, 3.63) is 11.8 Å². The molecule has 0 unspecified atom stereocenters. The van der Waals surface area contributed by atoms with E-state index in [1.165, 1.54) is 0 Å². The molecule has 0 radical (unpaired) electrons. The molecule has 0 spiro atoms. The van der Waals surface area contributed by atoms with Crippen LogP contribution in [0.2, 0.25) is 0 Å². The first kappa shape index (κ1) is 16.0. The minimum absolute atomic E-state index is 0.226. The van der Waals surface area contributed by atoms with Crippen molar-refractivity contribution < 1.29 is 14.8 Å². The molecule has 1 fully saturated rings. The molecule has 0 aromatic carbocycles. The number of quaternary nitrogens is 1. The Morgan fingerprint density at radius 1 is 1.32 bits per heavy atom. The Balaban J connectivity index is 2.63. The molecule has 19 heavy (non-hydrogen) atoms. The standard InChI is InChI=1S/C15H28N2O2/c1-7-19-13(18)8-11(2)16-12-9-14(3,4)17-15(5,6)10-12/h8,12,16-17H,7,9-10H2,1-6H3/p+1/b11-8+. The molecule has 3 N–H and O–H groups in total. The lowest BCUT2D eigenvalue weighted by Gasteiger charge is -2.43. The number of hydrogen-bond donors (Lipinski definition) is 2. The smallest absolute Gasteiger partial charge is 0.332 e. The van der Waals surface area contributed by atoms with Gasteiger partial charge in [0, 0.05) is 30.7 Å². The van der Waals surface area contributed by atoms with E-state index in [4.69, 9.17) is 4.74 Å². The molecule has 1 saturated heterocycles. The van der Waals surface area contributed by atoms with Gasteiger partial charge in [-0.2, -0.15) is 0 Å². The monoisotopic (exact) mass is 269 g/mol.